The molecular weight excluding hydrogens is 375 g/mol. The van der Waals surface area contributed by atoms with Gasteiger partial charge in [0, 0.05) is 18.1 Å². The second kappa shape index (κ2) is 8.62. The van der Waals surface area contributed by atoms with E-state index in [0.29, 0.717) is 34.7 Å². The molecule has 1 N–H and O–H groups in total. The van der Waals surface area contributed by atoms with E-state index in [4.69, 9.17) is 32.7 Å². The van der Waals surface area contributed by atoms with Gasteiger partial charge >= 0.3 is 0 Å². The molecule has 1 amide bonds. The van der Waals surface area contributed by atoms with Crippen molar-refractivity contribution in [3.05, 3.63) is 52.5 Å². The number of morpholine rings is 1. The fourth-order valence-corrected chi connectivity index (χ4v) is 3.23. The predicted octanol–water partition coefficient (Wildman–Crippen LogP) is 4.24. The van der Waals surface area contributed by atoms with E-state index in [1.807, 2.05) is 18.2 Å². The molecule has 138 valence electrons. The summed E-state index contributed by atoms with van der Waals surface area (Å²) in [6, 6.07) is 12.4. The van der Waals surface area contributed by atoms with E-state index >= 15 is 0 Å². The number of nitrogens with one attached hydrogen (secondary N) is 1. The van der Waals surface area contributed by atoms with Crippen LogP contribution in [0.25, 0.3) is 0 Å². The molecule has 0 spiro atoms. The predicted molar refractivity (Wildman–Crippen MR) is 105 cm³/mol. The van der Waals surface area contributed by atoms with E-state index in [9.17, 15) is 4.79 Å². The lowest BCUT2D eigenvalue weighted by Gasteiger charge is -2.31. The molecule has 2 aromatic carbocycles. The monoisotopic (exact) mass is 394 g/mol. The Labute approximate surface area is 162 Å². The molecule has 1 unspecified atom stereocenters. The van der Waals surface area contributed by atoms with E-state index in [1.165, 1.54) is 0 Å². The van der Waals surface area contributed by atoms with Crippen LogP contribution >= 0.6 is 23.2 Å². The molecule has 3 rings (SSSR count). The average Bonchev–Trinajstić information content (AvgIpc) is 2.62. The van der Waals surface area contributed by atoms with E-state index in [0.717, 1.165) is 18.8 Å². The first kappa shape index (κ1) is 18.8. The van der Waals surface area contributed by atoms with Gasteiger partial charge in [-0.3, -0.25) is 4.79 Å². The third-order valence-corrected chi connectivity index (χ3v) is 4.59. The van der Waals surface area contributed by atoms with Gasteiger partial charge in [-0.1, -0.05) is 35.3 Å². The van der Waals surface area contributed by atoms with Crippen LogP contribution in [0, 0.1) is 0 Å². The second-order valence-corrected chi connectivity index (χ2v) is 6.79. The third-order valence-electron chi connectivity index (χ3n) is 4.05. The van der Waals surface area contributed by atoms with Crippen molar-refractivity contribution in [3.8, 4) is 5.75 Å². The van der Waals surface area contributed by atoms with Crippen molar-refractivity contribution in [2.75, 3.05) is 36.5 Å². The van der Waals surface area contributed by atoms with E-state index in [2.05, 4.69) is 10.2 Å². The van der Waals surface area contributed by atoms with E-state index in [-0.39, 0.29) is 5.91 Å². The molecule has 0 bridgehead atoms. The van der Waals surface area contributed by atoms with Crippen molar-refractivity contribution in [1.29, 1.82) is 0 Å². The van der Waals surface area contributed by atoms with Crippen molar-refractivity contribution in [3.63, 3.8) is 0 Å². The van der Waals surface area contributed by atoms with E-state index in [1.54, 1.807) is 31.2 Å². The van der Waals surface area contributed by atoms with Crippen molar-refractivity contribution in [2.45, 2.75) is 13.0 Å². The topological polar surface area (TPSA) is 50.8 Å². The molecule has 26 heavy (non-hydrogen) atoms. The first-order chi connectivity index (χ1) is 12.5. The normalized spacial score (nSPS) is 15.4. The van der Waals surface area contributed by atoms with Crippen molar-refractivity contribution >= 4 is 40.5 Å². The number of hydrogen-bond donors (Lipinski definition) is 1. The Balaban J connectivity index is 1.73. The van der Waals surface area contributed by atoms with Crippen molar-refractivity contribution < 1.29 is 14.3 Å². The molecule has 5 nitrogen and oxygen atoms in total. The minimum Gasteiger partial charge on any atom is -0.481 e. The summed E-state index contributed by atoms with van der Waals surface area (Å²) >= 11 is 12.3. The van der Waals surface area contributed by atoms with Gasteiger partial charge in [-0.05, 0) is 37.3 Å². The molecule has 1 aliphatic heterocycles. The molecule has 1 heterocycles. The molecule has 1 saturated heterocycles. The number of ether oxygens (including phenoxy) is 2. The quantitative estimate of drug-likeness (QED) is 0.823. The molecule has 0 aromatic heterocycles. The Morgan fingerprint density at radius 1 is 1.19 bits per heavy atom. The number of benzene rings is 2. The van der Waals surface area contributed by atoms with Gasteiger partial charge in [-0.15, -0.1) is 0 Å². The summed E-state index contributed by atoms with van der Waals surface area (Å²) in [7, 11) is 0. The summed E-state index contributed by atoms with van der Waals surface area (Å²) in [4.78, 5) is 14.7. The highest BCUT2D eigenvalue weighted by molar-refractivity contribution is 6.34. The Bertz CT molecular complexity index is 779. The summed E-state index contributed by atoms with van der Waals surface area (Å²) in [6.07, 6.45) is -0.690. The average molecular weight is 395 g/mol. The number of rotatable bonds is 5. The van der Waals surface area contributed by atoms with Crippen molar-refractivity contribution in [2.24, 2.45) is 0 Å². The number of amides is 1. The van der Waals surface area contributed by atoms with Crippen LogP contribution in [0.1, 0.15) is 6.92 Å². The summed E-state index contributed by atoms with van der Waals surface area (Å²) in [6.45, 7) is 4.40. The van der Waals surface area contributed by atoms with Crippen LogP contribution in [-0.4, -0.2) is 38.3 Å². The van der Waals surface area contributed by atoms with Crippen LogP contribution in [0.3, 0.4) is 0 Å². The Hall–Kier alpha value is -1.95. The van der Waals surface area contributed by atoms with Gasteiger partial charge in [0.2, 0.25) is 0 Å². The zero-order valence-corrected chi connectivity index (χ0v) is 15.9. The molecule has 7 heteroatoms. The second-order valence-electron chi connectivity index (χ2n) is 5.94. The van der Waals surface area contributed by atoms with Crippen LogP contribution in [0.15, 0.2) is 42.5 Å². The first-order valence-electron chi connectivity index (χ1n) is 8.39. The zero-order chi connectivity index (χ0) is 18.5. The highest BCUT2D eigenvalue weighted by Gasteiger charge is 2.21. The maximum Gasteiger partial charge on any atom is 0.265 e. The SMILES string of the molecule is CC(Oc1cccc(Cl)c1)C(=O)Nc1cccc(Cl)c1N1CCOCC1. The lowest BCUT2D eigenvalue weighted by Crippen LogP contribution is -2.37. The maximum atomic E-state index is 12.6. The summed E-state index contributed by atoms with van der Waals surface area (Å²) < 4.78 is 11.1. The van der Waals surface area contributed by atoms with Crippen LogP contribution < -0.4 is 15.0 Å². The summed E-state index contributed by atoms with van der Waals surface area (Å²) in [5.41, 5.74) is 1.46. The third kappa shape index (κ3) is 4.61. The Kier molecular flexibility index (Phi) is 6.25. The van der Waals surface area contributed by atoms with Gasteiger partial charge in [0.1, 0.15) is 5.75 Å². The van der Waals surface area contributed by atoms with Gasteiger partial charge in [-0.25, -0.2) is 0 Å². The molecule has 1 fully saturated rings. The number of carbonyl (C=O) groups is 1. The van der Waals surface area contributed by atoms with Crippen LogP contribution in [0.4, 0.5) is 11.4 Å². The minimum atomic E-state index is -0.690. The maximum absolute atomic E-state index is 12.6. The largest absolute Gasteiger partial charge is 0.481 e. The number of para-hydroxylation sites is 1. The molecular formula is C19H20Cl2N2O3. The minimum absolute atomic E-state index is 0.262. The Morgan fingerprint density at radius 2 is 1.92 bits per heavy atom. The molecule has 2 aromatic rings. The molecule has 0 radical (unpaired) electrons. The summed E-state index contributed by atoms with van der Waals surface area (Å²) in [5, 5.41) is 4.07. The number of anilines is 2. The Morgan fingerprint density at radius 3 is 2.65 bits per heavy atom. The van der Waals surface area contributed by atoms with Gasteiger partial charge in [0.15, 0.2) is 6.10 Å². The van der Waals surface area contributed by atoms with Gasteiger partial charge in [0.25, 0.3) is 5.91 Å². The standard InChI is InChI=1S/C19H20Cl2N2O3/c1-13(26-15-5-2-4-14(20)12-15)19(24)22-17-7-3-6-16(21)18(17)23-8-10-25-11-9-23/h2-7,12-13H,8-11H2,1H3,(H,22,24). The number of halogens is 2. The first-order valence-corrected chi connectivity index (χ1v) is 9.14. The molecule has 1 aliphatic rings. The highest BCUT2D eigenvalue weighted by Crippen LogP contribution is 2.34. The zero-order valence-electron chi connectivity index (χ0n) is 14.4. The summed E-state index contributed by atoms with van der Waals surface area (Å²) in [5.74, 6) is 0.279. The van der Waals surface area contributed by atoms with Crippen LogP contribution in [-0.2, 0) is 9.53 Å². The fraction of sp³-hybridized carbons (Fsp3) is 0.316. The highest BCUT2D eigenvalue weighted by atomic mass is 35.5. The molecule has 0 aliphatic carbocycles. The van der Waals surface area contributed by atoms with Crippen LogP contribution in [0.5, 0.6) is 5.75 Å². The van der Waals surface area contributed by atoms with Gasteiger partial charge in [0.05, 0.1) is 29.6 Å². The lowest BCUT2D eigenvalue weighted by molar-refractivity contribution is -0.122. The lowest BCUT2D eigenvalue weighted by atomic mass is 10.2. The number of hydrogen-bond acceptors (Lipinski definition) is 4. The molecule has 1 atom stereocenters. The van der Waals surface area contributed by atoms with Crippen molar-refractivity contribution in [1.82, 2.24) is 0 Å². The fourth-order valence-electron chi connectivity index (χ4n) is 2.76. The van der Waals surface area contributed by atoms with Crippen LogP contribution in [0.2, 0.25) is 10.0 Å². The van der Waals surface area contributed by atoms with E-state index < -0.39 is 6.10 Å². The number of carbonyl (C=O) groups excluding carboxylic acids is 1. The molecule has 0 saturated carbocycles. The number of nitrogens with zero attached hydrogens (tertiary/aromatic N) is 1. The van der Waals surface area contributed by atoms with Gasteiger partial charge in [-0.2, -0.15) is 0 Å². The smallest absolute Gasteiger partial charge is 0.265 e. The van der Waals surface area contributed by atoms with Gasteiger partial charge < -0.3 is 19.7 Å².